The van der Waals surface area contributed by atoms with Crippen molar-refractivity contribution in [1.82, 2.24) is 4.90 Å². The standard InChI is InChI=1S/C39H41Cl2FN3O6S/c1-43-20-29(40)28(30(41)21-43)18-34(26-9-11-33(48-2)35(17-26)49-23-24-7-8-24)50-38(46)37-12-10-27(52-37)19-45(32-6-4-3-5-31(32)42)39(47)51-36-22-44-15-13-25(36)14-16-44/h3-6,9-12,17,20-21,24-25,34,36H,7-8,13-16,18-19,22-23H2,1-2H3/q+1/t34?,36-/m0/s1. The Hall–Kier alpha value is -3.90. The van der Waals surface area contributed by atoms with Gasteiger partial charge in [-0.15, -0.1) is 11.3 Å². The fourth-order valence-corrected chi connectivity index (χ4v) is 8.44. The van der Waals surface area contributed by atoms with E-state index in [-0.39, 0.29) is 24.8 Å². The molecular weight excluding hydrogens is 728 g/mol. The molecule has 0 radical (unpaired) electrons. The number of methoxy groups -OCH3 is 1. The van der Waals surface area contributed by atoms with Crippen molar-refractivity contribution < 1.29 is 37.5 Å². The number of nitrogens with zero attached hydrogens (tertiary/aromatic N) is 3. The van der Waals surface area contributed by atoms with Gasteiger partial charge in [-0.1, -0.05) is 41.4 Å². The molecule has 2 aromatic carbocycles. The number of esters is 1. The summed E-state index contributed by atoms with van der Waals surface area (Å²) < 4.78 is 40.8. The first-order valence-corrected chi connectivity index (χ1v) is 19.1. The molecule has 2 aromatic heterocycles. The van der Waals surface area contributed by atoms with Crippen LogP contribution in [0.1, 0.15) is 57.5 Å². The molecular formula is C39H41Cl2FN3O6S+. The van der Waals surface area contributed by atoms with Crippen molar-refractivity contribution in [3.05, 3.63) is 104 Å². The molecule has 0 N–H and O–H groups in total. The van der Waals surface area contributed by atoms with Gasteiger partial charge in [0.2, 0.25) is 0 Å². The number of ether oxygens (including phenoxy) is 4. The van der Waals surface area contributed by atoms with E-state index in [1.165, 1.54) is 22.3 Å². The minimum absolute atomic E-state index is 0.00860. The van der Waals surface area contributed by atoms with Crippen molar-refractivity contribution in [3.63, 3.8) is 0 Å². The van der Waals surface area contributed by atoms with Gasteiger partial charge in [-0.2, -0.15) is 0 Å². The molecule has 3 saturated heterocycles. The van der Waals surface area contributed by atoms with Crippen LogP contribution >= 0.6 is 34.5 Å². The number of rotatable bonds is 13. The molecule has 274 valence electrons. The SMILES string of the molecule is COc1ccc(C(Cc2c(Cl)c[n+](C)cc2Cl)OC(=O)c2ccc(CN(C(=O)O[C@H]3CN4CCC3CC4)c3ccccc3F)s2)cc1OCC1CC1. The van der Waals surface area contributed by atoms with E-state index < -0.39 is 24.0 Å². The summed E-state index contributed by atoms with van der Waals surface area (Å²) in [6.45, 7) is 3.27. The number of anilines is 1. The first-order valence-electron chi connectivity index (χ1n) is 17.5. The molecule has 1 unspecified atom stereocenters. The second kappa shape index (κ2) is 16.0. The number of hydrogen-bond acceptors (Lipinski definition) is 8. The molecule has 5 heterocycles. The molecule has 1 aliphatic carbocycles. The Bertz CT molecular complexity index is 1910. The molecule has 4 fully saturated rings. The van der Waals surface area contributed by atoms with Crippen molar-refractivity contribution >= 4 is 52.3 Å². The highest BCUT2D eigenvalue weighted by atomic mass is 35.5. The number of fused-ring (bicyclic) bond motifs is 3. The molecule has 1 amide bonds. The number of pyridine rings is 1. The zero-order valence-corrected chi connectivity index (χ0v) is 31.4. The van der Waals surface area contributed by atoms with E-state index in [0.29, 0.717) is 67.4 Å². The number of benzene rings is 2. The number of halogens is 3. The monoisotopic (exact) mass is 768 g/mol. The van der Waals surface area contributed by atoms with E-state index >= 15 is 4.39 Å². The lowest BCUT2D eigenvalue weighted by atomic mass is 9.86. The molecule has 0 spiro atoms. The smallest absolute Gasteiger partial charge is 0.415 e. The third-order valence-electron chi connectivity index (χ3n) is 9.97. The van der Waals surface area contributed by atoms with Crippen molar-refractivity contribution in [2.45, 2.75) is 50.9 Å². The fraction of sp³-hybridized carbons (Fsp3) is 0.410. The molecule has 4 aliphatic rings. The normalized spacial score (nSPS) is 19.9. The number of carbonyl (C=O) groups is 2. The van der Waals surface area contributed by atoms with Crippen molar-refractivity contribution in [1.29, 1.82) is 0 Å². The van der Waals surface area contributed by atoms with Gasteiger partial charge in [0.1, 0.15) is 40.0 Å². The lowest BCUT2D eigenvalue weighted by molar-refractivity contribution is -0.671. The summed E-state index contributed by atoms with van der Waals surface area (Å²) in [5, 5.41) is 0.873. The Labute approximate surface area is 316 Å². The van der Waals surface area contributed by atoms with Crippen LogP contribution in [0.3, 0.4) is 0 Å². The minimum Gasteiger partial charge on any atom is -0.493 e. The highest BCUT2D eigenvalue weighted by molar-refractivity contribution is 7.14. The van der Waals surface area contributed by atoms with Crippen LogP contribution < -0.4 is 18.9 Å². The van der Waals surface area contributed by atoms with Crippen LogP contribution in [-0.2, 0) is 29.5 Å². The molecule has 9 nitrogen and oxygen atoms in total. The summed E-state index contributed by atoms with van der Waals surface area (Å²) in [5.74, 6) is 0.836. The summed E-state index contributed by atoms with van der Waals surface area (Å²) in [4.78, 5) is 32.1. The van der Waals surface area contributed by atoms with Crippen LogP contribution in [0.5, 0.6) is 11.5 Å². The van der Waals surface area contributed by atoms with E-state index in [0.717, 1.165) is 38.8 Å². The number of aryl methyl sites for hydroxylation is 1. The van der Waals surface area contributed by atoms with Crippen LogP contribution in [-0.4, -0.2) is 56.4 Å². The predicted octanol–water partition coefficient (Wildman–Crippen LogP) is 8.19. The van der Waals surface area contributed by atoms with E-state index in [2.05, 4.69) is 4.90 Å². The minimum atomic E-state index is -0.790. The highest BCUT2D eigenvalue weighted by Gasteiger charge is 2.38. The predicted molar refractivity (Wildman–Crippen MR) is 197 cm³/mol. The maximum atomic E-state index is 15.1. The second-order valence-corrected chi connectivity index (χ2v) is 15.7. The molecule has 2 atom stereocenters. The van der Waals surface area contributed by atoms with E-state index in [1.54, 1.807) is 60.5 Å². The van der Waals surface area contributed by atoms with E-state index in [9.17, 15) is 9.59 Å². The zero-order valence-electron chi connectivity index (χ0n) is 29.1. The second-order valence-electron chi connectivity index (χ2n) is 13.7. The number of thiophene rings is 1. The topological polar surface area (TPSA) is 81.4 Å². The van der Waals surface area contributed by atoms with Crippen LogP contribution in [0.25, 0.3) is 0 Å². The maximum Gasteiger partial charge on any atom is 0.415 e. The fourth-order valence-electron chi connectivity index (χ4n) is 6.84. The molecule has 8 rings (SSSR count). The molecule has 2 bridgehead atoms. The molecule has 3 aliphatic heterocycles. The van der Waals surface area contributed by atoms with Gasteiger partial charge in [0.25, 0.3) is 0 Å². The Morgan fingerprint density at radius 3 is 2.44 bits per heavy atom. The van der Waals surface area contributed by atoms with Gasteiger partial charge in [0.15, 0.2) is 23.9 Å². The highest BCUT2D eigenvalue weighted by Crippen LogP contribution is 2.38. The number of piperidine rings is 3. The van der Waals surface area contributed by atoms with Gasteiger partial charge in [0.05, 0.1) is 25.9 Å². The van der Waals surface area contributed by atoms with E-state index in [1.807, 2.05) is 19.2 Å². The van der Waals surface area contributed by atoms with Crippen LogP contribution in [0.15, 0.2) is 67.0 Å². The Morgan fingerprint density at radius 1 is 1.02 bits per heavy atom. The Kier molecular flexibility index (Phi) is 11.2. The van der Waals surface area contributed by atoms with Gasteiger partial charge in [-0.25, -0.2) is 18.5 Å². The van der Waals surface area contributed by atoms with Crippen molar-refractivity contribution in [2.24, 2.45) is 18.9 Å². The Morgan fingerprint density at radius 2 is 1.77 bits per heavy atom. The summed E-state index contributed by atoms with van der Waals surface area (Å²) in [6.07, 6.45) is 6.24. The average molecular weight is 770 g/mol. The van der Waals surface area contributed by atoms with Gasteiger partial charge < -0.3 is 18.9 Å². The summed E-state index contributed by atoms with van der Waals surface area (Å²) >= 11 is 14.5. The average Bonchev–Trinajstić information content (AvgIpc) is 3.85. The first-order chi connectivity index (χ1) is 25.1. The quantitative estimate of drug-likeness (QED) is 0.100. The summed E-state index contributed by atoms with van der Waals surface area (Å²) in [7, 11) is 3.41. The van der Waals surface area contributed by atoms with Gasteiger partial charge >= 0.3 is 12.1 Å². The molecule has 13 heteroatoms. The largest absolute Gasteiger partial charge is 0.493 e. The third kappa shape index (κ3) is 8.49. The number of aromatic nitrogens is 1. The lowest BCUT2D eigenvalue weighted by Gasteiger charge is -2.44. The number of hydrogen-bond donors (Lipinski definition) is 0. The molecule has 1 saturated carbocycles. The van der Waals surface area contributed by atoms with Gasteiger partial charge in [-0.05, 0) is 92.6 Å². The third-order valence-corrected chi connectivity index (χ3v) is 11.7. The van der Waals surface area contributed by atoms with Crippen molar-refractivity contribution in [2.75, 3.05) is 38.3 Å². The summed E-state index contributed by atoms with van der Waals surface area (Å²) in [6, 6.07) is 15.0. The maximum absolute atomic E-state index is 15.1. The van der Waals surface area contributed by atoms with Crippen LogP contribution in [0, 0.1) is 17.7 Å². The lowest BCUT2D eigenvalue weighted by Crippen LogP contribution is -2.53. The number of amides is 1. The zero-order chi connectivity index (χ0) is 36.4. The van der Waals surface area contributed by atoms with Crippen molar-refractivity contribution in [3.8, 4) is 11.5 Å². The Balaban J connectivity index is 1.12. The first kappa shape index (κ1) is 36.5. The molecule has 52 heavy (non-hydrogen) atoms. The number of para-hydroxylation sites is 1. The van der Waals surface area contributed by atoms with Crippen LogP contribution in [0.4, 0.5) is 14.9 Å². The van der Waals surface area contributed by atoms with E-state index in [4.69, 9.17) is 42.1 Å². The summed E-state index contributed by atoms with van der Waals surface area (Å²) in [5.41, 5.74) is 1.42. The van der Waals surface area contributed by atoms with Gasteiger partial charge in [0, 0.05) is 23.4 Å². The van der Waals surface area contributed by atoms with Gasteiger partial charge in [-0.3, -0.25) is 9.80 Å². The van der Waals surface area contributed by atoms with Crippen LogP contribution in [0.2, 0.25) is 10.0 Å². The number of carbonyl (C=O) groups excluding carboxylic acids is 2. The molecule has 4 aromatic rings.